The molecule has 0 unspecified atom stereocenters. The first-order valence-corrected chi connectivity index (χ1v) is 10.7. The molecular weight excluding hydrogens is 358 g/mol. The zero-order valence-electron chi connectivity index (χ0n) is 15.9. The molecule has 0 saturated heterocycles. The fourth-order valence-corrected chi connectivity index (χ4v) is 4.54. The van der Waals surface area contributed by atoms with Crippen molar-refractivity contribution in [1.29, 1.82) is 0 Å². The predicted molar refractivity (Wildman–Crippen MR) is 106 cm³/mol. The second-order valence-corrected chi connectivity index (χ2v) is 7.98. The van der Waals surface area contributed by atoms with Crippen molar-refractivity contribution >= 4 is 11.8 Å². The Morgan fingerprint density at radius 2 is 1.89 bits per heavy atom. The number of benzene rings is 1. The lowest BCUT2D eigenvalue weighted by molar-refractivity contribution is 0.331. The summed E-state index contributed by atoms with van der Waals surface area (Å²) in [5.74, 6) is 2.85. The van der Waals surface area contributed by atoms with E-state index in [9.17, 15) is 0 Å². The van der Waals surface area contributed by atoms with Crippen LogP contribution in [0, 0.1) is 6.92 Å². The normalized spacial score (nSPS) is 15.3. The summed E-state index contributed by atoms with van der Waals surface area (Å²) >= 11 is 1.62. The summed E-state index contributed by atoms with van der Waals surface area (Å²) in [7, 11) is 0. The van der Waals surface area contributed by atoms with Gasteiger partial charge in [-0.3, -0.25) is 0 Å². The van der Waals surface area contributed by atoms with Crippen LogP contribution in [0.5, 0.6) is 0 Å². The SMILES string of the molecule is CCc1ccc(-c2noc(CSc3nnc(C)n3C3CCCCC3)n2)cc1. The second kappa shape index (κ2) is 8.25. The molecule has 2 heterocycles. The average molecular weight is 384 g/mol. The number of hydrogen-bond donors (Lipinski definition) is 0. The molecule has 0 amide bonds. The number of hydrogen-bond acceptors (Lipinski definition) is 6. The van der Waals surface area contributed by atoms with Gasteiger partial charge in [0.25, 0.3) is 0 Å². The van der Waals surface area contributed by atoms with Gasteiger partial charge in [0.05, 0.1) is 5.75 Å². The third kappa shape index (κ3) is 4.08. The lowest BCUT2D eigenvalue weighted by atomic mass is 9.95. The van der Waals surface area contributed by atoms with Crippen LogP contribution in [0.4, 0.5) is 0 Å². The highest BCUT2D eigenvalue weighted by molar-refractivity contribution is 7.98. The molecule has 0 bridgehead atoms. The fourth-order valence-electron chi connectivity index (χ4n) is 3.65. The third-order valence-electron chi connectivity index (χ3n) is 5.19. The Morgan fingerprint density at radius 1 is 1.11 bits per heavy atom. The summed E-state index contributed by atoms with van der Waals surface area (Å²) in [4.78, 5) is 4.54. The van der Waals surface area contributed by atoms with Crippen molar-refractivity contribution in [2.75, 3.05) is 0 Å². The molecule has 1 aromatic carbocycles. The third-order valence-corrected chi connectivity index (χ3v) is 6.12. The van der Waals surface area contributed by atoms with Crippen LogP contribution < -0.4 is 0 Å². The van der Waals surface area contributed by atoms with Gasteiger partial charge in [0, 0.05) is 11.6 Å². The first-order valence-electron chi connectivity index (χ1n) is 9.71. The maximum Gasteiger partial charge on any atom is 0.237 e. The van der Waals surface area contributed by atoms with E-state index in [1.54, 1.807) is 11.8 Å². The highest BCUT2D eigenvalue weighted by atomic mass is 32.2. The topological polar surface area (TPSA) is 69.6 Å². The van der Waals surface area contributed by atoms with Crippen LogP contribution in [-0.4, -0.2) is 24.9 Å². The quantitative estimate of drug-likeness (QED) is 0.558. The van der Waals surface area contributed by atoms with E-state index >= 15 is 0 Å². The van der Waals surface area contributed by atoms with Gasteiger partial charge in [-0.1, -0.05) is 67.4 Å². The maximum absolute atomic E-state index is 5.45. The highest BCUT2D eigenvalue weighted by Crippen LogP contribution is 2.33. The van der Waals surface area contributed by atoms with Gasteiger partial charge >= 0.3 is 0 Å². The van der Waals surface area contributed by atoms with Crippen LogP contribution in [0.1, 0.15) is 62.3 Å². The van der Waals surface area contributed by atoms with Crippen molar-refractivity contribution in [3.63, 3.8) is 0 Å². The summed E-state index contributed by atoms with van der Waals surface area (Å²) in [6.45, 7) is 4.18. The molecule has 0 aliphatic heterocycles. The van der Waals surface area contributed by atoms with Gasteiger partial charge < -0.3 is 9.09 Å². The minimum atomic E-state index is 0.520. The van der Waals surface area contributed by atoms with E-state index in [4.69, 9.17) is 4.52 Å². The first-order chi connectivity index (χ1) is 13.2. The predicted octanol–water partition coefficient (Wildman–Crippen LogP) is 5.00. The van der Waals surface area contributed by atoms with Crippen LogP contribution in [0.15, 0.2) is 33.9 Å². The molecule has 0 N–H and O–H groups in total. The summed E-state index contributed by atoms with van der Waals surface area (Å²) in [6, 6.07) is 8.82. The van der Waals surface area contributed by atoms with Crippen LogP contribution in [0.2, 0.25) is 0 Å². The van der Waals surface area contributed by atoms with Crippen LogP contribution in [0.3, 0.4) is 0 Å². The van der Waals surface area contributed by atoms with E-state index in [-0.39, 0.29) is 0 Å². The van der Waals surface area contributed by atoms with Gasteiger partial charge in [-0.25, -0.2) is 0 Å². The van der Waals surface area contributed by atoms with E-state index in [1.807, 2.05) is 19.1 Å². The van der Waals surface area contributed by atoms with Gasteiger partial charge in [-0.15, -0.1) is 10.2 Å². The Labute approximate surface area is 163 Å². The molecule has 3 aromatic rings. The molecule has 1 saturated carbocycles. The van der Waals surface area contributed by atoms with Gasteiger partial charge in [0.2, 0.25) is 11.7 Å². The molecule has 1 aliphatic rings. The van der Waals surface area contributed by atoms with Gasteiger partial charge in [0.15, 0.2) is 5.16 Å². The van der Waals surface area contributed by atoms with Gasteiger partial charge in [-0.2, -0.15) is 4.98 Å². The number of aryl methyl sites for hydroxylation is 2. The van der Waals surface area contributed by atoms with Crippen molar-refractivity contribution in [3.05, 3.63) is 41.5 Å². The molecule has 0 radical (unpaired) electrons. The number of aromatic nitrogens is 5. The molecule has 0 spiro atoms. The maximum atomic E-state index is 5.45. The fraction of sp³-hybridized carbons (Fsp3) is 0.500. The monoisotopic (exact) mass is 383 g/mol. The molecule has 2 aromatic heterocycles. The van der Waals surface area contributed by atoms with Crippen LogP contribution in [0.25, 0.3) is 11.4 Å². The summed E-state index contributed by atoms with van der Waals surface area (Å²) < 4.78 is 7.75. The Balaban J connectivity index is 1.44. The Morgan fingerprint density at radius 3 is 2.63 bits per heavy atom. The smallest absolute Gasteiger partial charge is 0.237 e. The zero-order chi connectivity index (χ0) is 18.6. The van der Waals surface area contributed by atoms with Crippen molar-refractivity contribution in [2.45, 2.75) is 69.3 Å². The molecule has 6 nitrogen and oxygen atoms in total. The standard InChI is InChI=1S/C20H25N5OS/c1-3-15-9-11-16(12-10-15)19-21-18(26-24-19)13-27-20-23-22-14(2)25(20)17-7-5-4-6-8-17/h9-12,17H,3-8,13H2,1-2H3. The minimum absolute atomic E-state index is 0.520. The molecular formula is C20H25N5OS. The zero-order valence-corrected chi connectivity index (χ0v) is 16.7. The lowest BCUT2D eigenvalue weighted by Gasteiger charge is -2.24. The Hall–Kier alpha value is -2.15. The second-order valence-electron chi connectivity index (χ2n) is 7.04. The van der Waals surface area contributed by atoms with E-state index in [2.05, 4.69) is 44.0 Å². The molecule has 1 fully saturated rings. The summed E-state index contributed by atoms with van der Waals surface area (Å²) in [5, 5.41) is 13.8. The number of thioether (sulfide) groups is 1. The van der Waals surface area contributed by atoms with E-state index in [0.717, 1.165) is 23.0 Å². The van der Waals surface area contributed by atoms with Gasteiger partial charge in [0.1, 0.15) is 5.82 Å². The van der Waals surface area contributed by atoms with Gasteiger partial charge in [-0.05, 0) is 31.7 Å². The number of nitrogens with zero attached hydrogens (tertiary/aromatic N) is 5. The molecule has 27 heavy (non-hydrogen) atoms. The van der Waals surface area contributed by atoms with Crippen molar-refractivity contribution in [3.8, 4) is 11.4 Å². The Kier molecular flexibility index (Phi) is 5.57. The van der Waals surface area contributed by atoms with Crippen molar-refractivity contribution in [1.82, 2.24) is 24.9 Å². The van der Waals surface area contributed by atoms with E-state index in [0.29, 0.717) is 23.5 Å². The highest BCUT2D eigenvalue weighted by Gasteiger charge is 2.22. The first kappa shape index (κ1) is 18.2. The molecule has 0 atom stereocenters. The van der Waals surface area contributed by atoms with Crippen LogP contribution >= 0.6 is 11.8 Å². The van der Waals surface area contributed by atoms with E-state index < -0.39 is 0 Å². The summed E-state index contributed by atoms with van der Waals surface area (Å²) in [6.07, 6.45) is 7.36. The van der Waals surface area contributed by atoms with Crippen LogP contribution in [-0.2, 0) is 12.2 Å². The largest absolute Gasteiger partial charge is 0.338 e. The average Bonchev–Trinajstić information content (AvgIpc) is 3.34. The molecule has 1 aliphatic carbocycles. The Bertz CT molecular complexity index is 880. The van der Waals surface area contributed by atoms with Crippen molar-refractivity contribution in [2.24, 2.45) is 0 Å². The lowest BCUT2D eigenvalue weighted by Crippen LogP contribution is -2.15. The minimum Gasteiger partial charge on any atom is -0.338 e. The van der Waals surface area contributed by atoms with Crippen molar-refractivity contribution < 1.29 is 4.52 Å². The van der Waals surface area contributed by atoms with E-state index in [1.165, 1.54) is 37.7 Å². The molecule has 7 heteroatoms. The molecule has 142 valence electrons. The number of rotatable bonds is 6. The molecule has 4 rings (SSSR count). The summed E-state index contributed by atoms with van der Waals surface area (Å²) in [5.41, 5.74) is 2.28.